The van der Waals surface area contributed by atoms with E-state index >= 15 is 0 Å². The second kappa shape index (κ2) is 13.3. The zero-order chi connectivity index (χ0) is 18.5. The maximum Gasteiger partial charge on any atom is 0.0452 e. The van der Waals surface area contributed by atoms with Crippen molar-refractivity contribution < 1.29 is 0 Å². The highest BCUT2D eigenvalue weighted by molar-refractivity contribution is 6.35. The molecule has 0 N–H and O–H groups in total. The summed E-state index contributed by atoms with van der Waals surface area (Å²) in [6.07, 6.45) is 2.14. The molecule has 2 aromatic carbocycles. The van der Waals surface area contributed by atoms with Gasteiger partial charge in [-0.05, 0) is 47.9 Å². The van der Waals surface area contributed by atoms with Crippen LogP contribution < -0.4 is 0 Å². The molecule has 2 heteroatoms. The number of hydrogen-bond donors (Lipinski definition) is 0. The van der Waals surface area contributed by atoms with Gasteiger partial charge in [-0.2, -0.15) is 0 Å². The highest BCUT2D eigenvalue weighted by Crippen LogP contribution is 2.26. The van der Waals surface area contributed by atoms with Crippen LogP contribution in [0.3, 0.4) is 0 Å². The predicted octanol–water partition coefficient (Wildman–Crippen LogP) is 8.10. The molecule has 0 nitrogen and oxygen atoms in total. The molecule has 0 fully saturated rings. The van der Waals surface area contributed by atoms with E-state index in [2.05, 4.69) is 58.0 Å². The standard InChI is InChI=1S/C10H12Cl2.C10H14.C2H6/c1-7(2)6-8-9(11)4-3-5-10(8)12;1-9(2)8-10-6-4-3-5-7-10;1-2/h3-5,7H,6H2,1-2H3;3-7,9H,8H2,1-2H3;1-2H3. The van der Waals surface area contributed by atoms with Gasteiger partial charge in [0.05, 0.1) is 0 Å². The van der Waals surface area contributed by atoms with Crippen LogP contribution in [0.25, 0.3) is 0 Å². The first-order valence-corrected chi connectivity index (χ1v) is 9.62. The maximum atomic E-state index is 5.99. The molecule has 0 saturated carbocycles. The van der Waals surface area contributed by atoms with Crippen LogP contribution in [0.5, 0.6) is 0 Å². The molecule has 0 radical (unpaired) electrons. The summed E-state index contributed by atoms with van der Waals surface area (Å²) in [4.78, 5) is 0. The van der Waals surface area contributed by atoms with Gasteiger partial charge >= 0.3 is 0 Å². The van der Waals surface area contributed by atoms with Crippen molar-refractivity contribution in [2.45, 2.75) is 54.4 Å². The highest BCUT2D eigenvalue weighted by Gasteiger charge is 2.06. The van der Waals surface area contributed by atoms with Gasteiger partial charge < -0.3 is 0 Å². The Morgan fingerprint density at radius 3 is 1.54 bits per heavy atom. The van der Waals surface area contributed by atoms with Gasteiger partial charge in [0.1, 0.15) is 0 Å². The summed E-state index contributed by atoms with van der Waals surface area (Å²) in [6.45, 7) is 12.8. The van der Waals surface area contributed by atoms with E-state index in [0.29, 0.717) is 5.92 Å². The fourth-order valence-corrected chi connectivity index (χ4v) is 2.77. The largest absolute Gasteiger partial charge is 0.0840 e. The van der Waals surface area contributed by atoms with Gasteiger partial charge in [-0.15, -0.1) is 0 Å². The molecule has 2 rings (SSSR count). The average Bonchev–Trinajstić information content (AvgIpc) is 2.54. The first-order chi connectivity index (χ1) is 11.4. The Labute approximate surface area is 159 Å². The van der Waals surface area contributed by atoms with Gasteiger partial charge in [0.25, 0.3) is 0 Å². The van der Waals surface area contributed by atoms with Crippen molar-refractivity contribution in [2.24, 2.45) is 11.8 Å². The molecule has 0 amide bonds. The molecular formula is C22H32Cl2. The number of benzene rings is 2. The fourth-order valence-electron chi connectivity index (χ4n) is 2.22. The van der Waals surface area contributed by atoms with E-state index in [9.17, 15) is 0 Å². The molecule has 0 saturated heterocycles. The molecule has 0 aliphatic rings. The van der Waals surface area contributed by atoms with Crippen molar-refractivity contribution in [1.82, 2.24) is 0 Å². The lowest BCUT2D eigenvalue weighted by atomic mass is 10.0. The van der Waals surface area contributed by atoms with Crippen molar-refractivity contribution in [3.05, 3.63) is 69.7 Å². The lowest BCUT2D eigenvalue weighted by Gasteiger charge is -2.08. The summed E-state index contributed by atoms with van der Waals surface area (Å²) in [5.74, 6) is 1.35. The molecule has 0 spiro atoms. The van der Waals surface area contributed by atoms with Gasteiger partial charge in [0, 0.05) is 10.0 Å². The van der Waals surface area contributed by atoms with Crippen LogP contribution in [0, 0.1) is 11.8 Å². The summed E-state index contributed by atoms with van der Waals surface area (Å²) in [6, 6.07) is 16.2. The average molecular weight is 367 g/mol. The maximum absolute atomic E-state index is 5.99. The SMILES string of the molecule is CC.CC(C)Cc1c(Cl)cccc1Cl.CC(C)Cc1ccccc1. The number of halogens is 2. The quantitative estimate of drug-likeness (QED) is 0.512. The van der Waals surface area contributed by atoms with Crippen LogP contribution in [-0.2, 0) is 12.8 Å². The second-order valence-corrected chi connectivity index (χ2v) is 7.20. The molecule has 0 bridgehead atoms. The Hall–Kier alpha value is -0.980. The Morgan fingerprint density at radius 2 is 1.12 bits per heavy atom. The second-order valence-electron chi connectivity index (χ2n) is 6.38. The Balaban J connectivity index is 0.000000405. The smallest absolute Gasteiger partial charge is 0.0452 e. The van der Waals surface area contributed by atoms with Crippen molar-refractivity contribution in [2.75, 3.05) is 0 Å². The van der Waals surface area contributed by atoms with E-state index in [0.717, 1.165) is 27.9 Å². The third kappa shape index (κ3) is 10.0. The summed E-state index contributed by atoms with van der Waals surface area (Å²) in [5.41, 5.74) is 2.51. The van der Waals surface area contributed by atoms with Gasteiger partial charge in [-0.3, -0.25) is 0 Å². The van der Waals surface area contributed by atoms with Crippen LogP contribution in [0.2, 0.25) is 10.0 Å². The van der Waals surface area contributed by atoms with Gasteiger partial charge in [-0.1, -0.05) is 101 Å². The first-order valence-electron chi connectivity index (χ1n) is 8.87. The third-order valence-electron chi connectivity index (χ3n) is 3.16. The Bertz CT molecular complexity index is 525. The van der Waals surface area contributed by atoms with Gasteiger partial charge in [-0.25, -0.2) is 0 Å². The molecule has 2 aromatic rings. The summed E-state index contributed by atoms with van der Waals surface area (Å²) < 4.78 is 0. The number of rotatable bonds is 4. The first kappa shape index (κ1) is 23.0. The van der Waals surface area contributed by atoms with Crippen LogP contribution in [-0.4, -0.2) is 0 Å². The third-order valence-corrected chi connectivity index (χ3v) is 3.87. The number of hydrogen-bond acceptors (Lipinski definition) is 0. The van der Waals surface area contributed by atoms with Crippen molar-refractivity contribution in [3.63, 3.8) is 0 Å². The summed E-state index contributed by atoms with van der Waals surface area (Å²) in [7, 11) is 0. The van der Waals surface area contributed by atoms with Crippen molar-refractivity contribution in [1.29, 1.82) is 0 Å². The van der Waals surface area contributed by atoms with E-state index < -0.39 is 0 Å². The molecular weight excluding hydrogens is 335 g/mol. The van der Waals surface area contributed by atoms with Crippen LogP contribution in [0.15, 0.2) is 48.5 Å². The molecule has 134 valence electrons. The molecule has 0 heterocycles. The van der Waals surface area contributed by atoms with E-state index in [1.54, 1.807) is 0 Å². The summed E-state index contributed by atoms with van der Waals surface area (Å²) in [5, 5.41) is 1.55. The lowest BCUT2D eigenvalue weighted by Crippen LogP contribution is -1.95. The molecule has 0 atom stereocenters. The molecule has 0 aromatic heterocycles. The predicted molar refractivity (Wildman–Crippen MR) is 111 cm³/mol. The molecule has 0 aliphatic heterocycles. The zero-order valence-electron chi connectivity index (χ0n) is 15.9. The van der Waals surface area contributed by atoms with Gasteiger partial charge in [0.15, 0.2) is 0 Å². The minimum atomic E-state index is 0.586. The van der Waals surface area contributed by atoms with Crippen molar-refractivity contribution in [3.8, 4) is 0 Å². The fraction of sp³-hybridized carbons (Fsp3) is 0.455. The van der Waals surface area contributed by atoms with Gasteiger partial charge in [0.2, 0.25) is 0 Å². The van der Waals surface area contributed by atoms with Crippen LogP contribution in [0.1, 0.15) is 52.7 Å². The van der Waals surface area contributed by atoms with E-state index in [4.69, 9.17) is 23.2 Å². The minimum Gasteiger partial charge on any atom is -0.0840 e. The van der Waals surface area contributed by atoms with E-state index in [-0.39, 0.29) is 0 Å². The molecule has 0 unspecified atom stereocenters. The summed E-state index contributed by atoms with van der Waals surface area (Å²) >= 11 is 12.0. The Morgan fingerprint density at radius 1 is 0.667 bits per heavy atom. The van der Waals surface area contributed by atoms with E-state index in [1.165, 1.54) is 12.0 Å². The van der Waals surface area contributed by atoms with Crippen molar-refractivity contribution >= 4 is 23.2 Å². The highest BCUT2D eigenvalue weighted by atomic mass is 35.5. The molecule has 24 heavy (non-hydrogen) atoms. The lowest BCUT2D eigenvalue weighted by molar-refractivity contribution is 0.647. The molecule has 0 aliphatic carbocycles. The minimum absolute atomic E-state index is 0.586. The van der Waals surface area contributed by atoms with E-state index in [1.807, 2.05) is 32.0 Å². The van der Waals surface area contributed by atoms with Crippen LogP contribution in [0.4, 0.5) is 0 Å². The zero-order valence-corrected chi connectivity index (χ0v) is 17.5. The monoisotopic (exact) mass is 366 g/mol. The van der Waals surface area contributed by atoms with Crippen LogP contribution >= 0.6 is 23.2 Å². The Kier molecular flexibility index (Phi) is 12.8. The topological polar surface area (TPSA) is 0 Å². The normalized spacial score (nSPS) is 9.92.